The highest BCUT2D eigenvalue weighted by Gasteiger charge is 2.43. The number of ether oxygens (including phenoxy) is 1. The summed E-state index contributed by atoms with van der Waals surface area (Å²) in [7, 11) is -6.10. The Balaban J connectivity index is 1.48. The second-order valence-electron chi connectivity index (χ2n) is 12.0. The molecule has 48 heavy (non-hydrogen) atoms. The van der Waals surface area contributed by atoms with E-state index >= 15 is 0 Å². The number of carboxylic acid groups (broad SMARTS) is 1. The zero-order valence-electron chi connectivity index (χ0n) is 27.6. The number of hydrogen-bond acceptors (Lipinski definition) is 6. The Morgan fingerprint density at radius 2 is 1.29 bits per heavy atom. The van der Waals surface area contributed by atoms with Gasteiger partial charge in [-0.25, -0.2) is 9.59 Å². The average Bonchev–Trinajstić information content (AvgIpc) is 3.37. The van der Waals surface area contributed by atoms with Gasteiger partial charge in [-0.1, -0.05) is 72.8 Å². The van der Waals surface area contributed by atoms with Crippen molar-refractivity contribution in [2.45, 2.75) is 49.5 Å². The highest BCUT2D eigenvalue weighted by Crippen LogP contribution is 2.69. The van der Waals surface area contributed by atoms with E-state index in [0.29, 0.717) is 12.8 Å². The fourth-order valence-electron chi connectivity index (χ4n) is 6.45. The summed E-state index contributed by atoms with van der Waals surface area (Å²) in [5, 5.41) is 14.3. The number of fused-ring (bicyclic) bond motifs is 3. The van der Waals surface area contributed by atoms with Crippen LogP contribution in [0.1, 0.15) is 49.1 Å². The van der Waals surface area contributed by atoms with Crippen LogP contribution in [-0.4, -0.2) is 72.3 Å². The SMILES string of the molecule is C=CCP(=O)(CC=C)C(CCC(=O)NCCCC[C@H](NC(=O)OCC1c2ccccc2-c2ccccc21)C(=O)O)P(=O)(CC=C)CC=C. The summed E-state index contributed by atoms with van der Waals surface area (Å²) in [5.41, 5.74) is 4.31. The smallest absolute Gasteiger partial charge is 0.407 e. The minimum Gasteiger partial charge on any atom is -0.480 e. The summed E-state index contributed by atoms with van der Waals surface area (Å²) in [6, 6.07) is 14.8. The van der Waals surface area contributed by atoms with Gasteiger partial charge in [-0.15, -0.1) is 26.3 Å². The number of allylic oxidation sites excluding steroid dienone is 4. The number of carboxylic acids is 1. The molecule has 0 saturated heterocycles. The third-order valence-electron chi connectivity index (χ3n) is 8.64. The van der Waals surface area contributed by atoms with Crippen molar-refractivity contribution >= 4 is 32.3 Å². The van der Waals surface area contributed by atoms with E-state index in [4.69, 9.17) is 4.74 Å². The average molecular weight is 695 g/mol. The van der Waals surface area contributed by atoms with Gasteiger partial charge < -0.3 is 29.6 Å². The third-order valence-corrected chi connectivity index (χ3v) is 17.4. The number of alkyl carbamates (subject to hydrolysis) is 1. The van der Waals surface area contributed by atoms with Crippen LogP contribution in [0.25, 0.3) is 11.1 Å². The van der Waals surface area contributed by atoms with Crippen LogP contribution < -0.4 is 10.6 Å². The molecule has 1 aliphatic rings. The van der Waals surface area contributed by atoms with Crippen LogP contribution in [0.4, 0.5) is 4.79 Å². The fraction of sp³-hybridized carbons (Fsp3) is 0.378. The molecule has 0 heterocycles. The number of carbonyl (C=O) groups excluding carboxylic acids is 2. The minimum atomic E-state index is -3.05. The summed E-state index contributed by atoms with van der Waals surface area (Å²) in [6.45, 7) is 15.3. The number of carbonyl (C=O) groups is 3. The van der Waals surface area contributed by atoms with Gasteiger partial charge in [0.15, 0.2) is 0 Å². The first-order valence-electron chi connectivity index (χ1n) is 16.2. The van der Waals surface area contributed by atoms with E-state index < -0.39 is 37.8 Å². The predicted molar refractivity (Wildman–Crippen MR) is 195 cm³/mol. The summed E-state index contributed by atoms with van der Waals surface area (Å²) in [6.07, 6.45) is 7.48. The van der Waals surface area contributed by atoms with Gasteiger partial charge >= 0.3 is 12.1 Å². The number of unbranched alkanes of at least 4 members (excludes halogenated alkanes) is 1. The Labute approximate surface area is 284 Å². The topological polar surface area (TPSA) is 139 Å². The van der Waals surface area contributed by atoms with Crippen LogP contribution in [0.15, 0.2) is 99.2 Å². The molecule has 0 aliphatic heterocycles. The van der Waals surface area contributed by atoms with E-state index in [2.05, 4.69) is 36.9 Å². The van der Waals surface area contributed by atoms with Gasteiger partial charge in [-0.05, 0) is 47.9 Å². The van der Waals surface area contributed by atoms with E-state index in [9.17, 15) is 28.6 Å². The second-order valence-corrected chi connectivity index (χ2v) is 18.9. The Bertz CT molecular complexity index is 1480. The monoisotopic (exact) mass is 694 g/mol. The van der Waals surface area contributed by atoms with Gasteiger partial charge in [-0.2, -0.15) is 0 Å². The molecule has 0 unspecified atom stereocenters. The highest BCUT2D eigenvalue weighted by molar-refractivity contribution is 7.82. The molecule has 9 nitrogen and oxygen atoms in total. The Hall–Kier alpha value is -3.93. The predicted octanol–water partition coefficient (Wildman–Crippen LogP) is 7.84. The van der Waals surface area contributed by atoms with Crippen molar-refractivity contribution in [1.29, 1.82) is 0 Å². The summed E-state index contributed by atoms with van der Waals surface area (Å²) >= 11 is 0. The quantitative estimate of drug-likeness (QED) is 0.0648. The van der Waals surface area contributed by atoms with Crippen molar-refractivity contribution in [3.63, 3.8) is 0 Å². The van der Waals surface area contributed by atoms with Gasteiger partial charge in [0.05, 0.1) is 5.40 Å². The number of amides is 2. The van der Waals surface area contributed by atoms with Crippen LogP contribution in [0.2, 0.25) is 0 Å². The van der Waals surface area contributed by atoms with Crippen LogP contribution >= 0.6 is 14.3 Å². The van der Waals surface area contributed by atoms with Crippen molar-refractivity contribution in [3.8, 4) is 11.1 Å². The number of hydrogen-bond donors (Lipinski definition) is 3. The van der Waals surface area contributed by atoms with Gasteiger partial charge in [0.2, 0.25) is 5.91 Å². The van der Waals surface area contributed by atoms with E-state index in [0.717, 1.165) is 22.3 Å². The first kappa shape index (κ1) is 38.5. The van der Waals surface area contributed by atoms with E-state index in [1.165, 1.54) is 0 Å². The largest absolute Gasteiger partial charge is 0.480 e. The molecule has 0 saturated carbocycles. The molecule has 0 radical (unpaired) electrons. The minimum absolute atomic E-state index is 0.0301. The summed E-state index contributed by atoms with van der Waals surface area (Å²) < 4.78 is 33.5. The lowest BCUT2D eigenvalue weighted by Gasteiger charge is -2.33. The van der Waals surface area contributed by atoms with Gasteiger partial charge in [-0.3, -0.25) is 4.79 Å². The van der Waals surface area contributed by atoms with Crippen molar-refractivity contribution in [1.82, 2.24) is 10.6 Å². The molecular formula is C37H48N2O7P2. The maximum Gasteiger partial charge on any atom is 0.407 e. The highest BCUT2D eigenvalue weighted by atomic mass is 31.2. The summed E-state index contributed by atoms with van der Waals surface area (Å²) in [4.78, 5) is 37.3. The molecule has 258 valence electrons. The molecular weight excluding hydrogens is 646 g/mol. The van der Waals surface area contributed by atoms with E-state index in [1.54, 1.807) is 24.3 Å². The number of rotatable bonds is 22. The van der Waals surface area contributed by atoms with Gasteiger partial charge in [0, 0.05) is 43.5 Å². The molecule has 0 spiro atoms. The van der Waals surface area contributed by atoms with Gasteiger partial charge in [0.1, 0.15) is 26.9 Å². The molecule has 1 atom stereocenters. The molecule has 0 aromatic heterocycles. The van der Waals surface area contributed by atoms with Crippen LogP contribution in [0.5, 0.6) is 0 Å². The van der Waals surface area contributed by atoms with Crippen LogP contribution in [0.3, 0.4) is 0 Å². The van der Waals surface area contributed by atoms with Crippen molar-refractivity contribution in [2.75, 3.05) is 37.8 Å². The zero-order valence-corrected chi connectivity index (χ0v) is 29.3. The number of nitrogens with one attached hydrogen (secondary N) is 2. The molecule has 3 rings (SSSR count). The Kier molecular flexibility index (Phi) is 14.9. The lowest BCUT2D eigenvalue weighted by Crippen LogP contribution is -2.41. The molecule has 11 heteroatoms. The molecule has 2 amide bonds. The molecule has 2 aromatic rings. The molecule has 0 fully saturated rings. The molecule has 0 bridgehead atoms. The maximum absolute atomic E-state index is 14.0. The number of aliphatic carboxylic acids is 1. The standard InChI is InChI=1S/C37H48N2O7P2/c1-5-23-47(44,24-6-2)35(48(45,25-7-3)26-8-4)21-20-34(40)38-22-14-13-19-33(36(41)42)39-37(43)46-27-32-30-17-11-9-15-28(30)29-16-10-12-18-31(29)32/h5-12,15-18,32-33,35H,1-4,13-14,19-27H2,(H,38,40)(H,39,43)(H,41,42)/t33-/m0/s1. The number of benzene rings is 2. The fourth-order valence-corrected chi connectivity index (χ4v) is 14.9. The van der Waals surface area contributed by atoms with Gasteiger partial charge in [0.25, 0.3) is 0 Å². The molecule has 1 aliphatic carbocycles. The van der Waals surface area contributed by atoms with Crippen LogP contribution in [0, 0.1) is 0 Å². The van der Waals surface area contributed by atoms with Crippen molar-refractivity contribution in [3.05, 3.63) is 110 Å². The zero-order chi connectivity index (χ0) is 35.2. The normalized spacial score (nSPS) is 13.1. The molecule has 3 N–H and O–H groups in total. The molecule has 2 aromatic carbocycles. The third kappa shape index (κ3) is 10.0. The lowest BCUT2D eigenvalue weighted by molar-refractivity contribution is -0.139. The Morgan fingerprint density at radius 1 is 0.792 bits per heavy atom. The Morgan fingerprint density at radius 3 is 1.77 bits per heavy atom. The van der Waals surface area contributed by atoms with E-state index in [1.807, 2.05) is 48.5 Å². The lowest BCUT2D eigenvalue weighted by atomic mass is 9.98. The van der Waals surface area contributed by atoms with Crippen LogP contribution in [-0.2, 0) is 23.5 Å². The van der Waals surface area contributed by atoms with E-state index in [-0.39, 0.29) is 68.9 Å². The first-order chi connectivity index (χ1) is 23.0. The maximum atomic E-state index is 14.0. The summed E-state index contributed by atoms with van der Waals surface area (Å²) in [5.74, 6) is -1.60. The van der Waals surface area contributed by atoms with Crippen molar-refractivity contribution in [2.24, 2.45) is 0 Å². The first-order valence-corrected chi connectivity index (χ1v) is 20.5. The second kappa shape index (κ2) is 18.6. The van der Waals surface area contributed by atoms with Crippen molar-refractivity contribution < 1.29 is 33.4 Å².